The highest BCUT2D eigenvalue weighted by Crippen LogP contribution is 2.35. The van der Waals surface area contributed by atoms with Gasteiger partial charge < -0.3 is 15.0 Å². The summed E-state index contributed by atoms with van der Waals surface area (Å²) in [5.41, 5.74) is 1.98. The van der Waals surface area contributed by atoms with E-state index in [1.165, 1.54) is 30.2 Å². The van der Waals surface area contributed by atoms with Gasteiger partial charge in [-0.1, -0.05) is 79.4 Å². The summed E-state index contributed by atoms with van der Waals surface area (Å²) < 4.78 is 34.6. The number of hydrogen-bond acceptors (Lipinski definition) is 5. The van der Waals surface area contributed by atoms with E-state index < -0.39 is 28.5 Å². The number of carbonyl (C=O) groups is 2. The Kier molecular flexibility index (Phi) is 10.5. The van der Waals surface area contributed by atoms with Crippen molar-refractivity contribution in [2.45, 2.75) is 69.5 Å². The third-order valence-corrected chi connectivity index (χ3v) is 9.55. The van der Waals surface area contributed by atoms with Gasteiger partial charge in [-0.2, -0.15) is 0 Å². The molecule has 0 aliphatic heterocycles. The van der Waals surface area contributed by atoms with Gasteiger partial charge in [0, 0.05) is 17.6 Å². The number of nitrogens with one attached hydrogen (secondary N) is 1. The van der Waals surface area contributed by atoms with E-state index in [1.54, 1.807) is 30.3 Å². The number of halogens is 1. The predicted octanol–water partition coefficient (Wildman–Crippen LogP) is 5.72. The van der Waals surface area contributed by atoms with E-state index in [1.807, 2.05) is 38.1 Å². The highest BCUT2D eigenvalue weighted by molar-refractivity contribution is 7.92. The first-order valence-corrected chi connectivity index (χ1v) is 16.0. The van der Waals surface area contributed by atoms with Crippen molar-refractivity contribution >= 4 is 39.1 Å². The maximum atomic E-state index is 14.3. The van der Waals surface area contributed by atoms with Crippen LogP contribution in [-0.2, 0) is 26.2 Å². The Balaban J connectivity index is 1.76. The standard InChI is InChI=1S/C32H38ClN3O5S/c1-4-28(32(38)34-26-13-8-9-14-26)35(21-24-12-10-11-23(2)19-24)31(37)22-36(29-20-25(33)17-18-30(29)41-3)42(39,40)27-15-6-5-7-16-27/h5-7,10-12,15-20,26,28H,4,8-9,13-14,21-22H2,1-3H3,(H,34,38)/t28-/m0/s1. The molecule has 0 saturated heterocycles. The van der Waals surface area contributed by atoms with Gasteiger partial charge in [-0.3, -0.25) is 13.9 Å². The number of benzene rings is 3. The second-order valence-electron chi connectivity index (χ2n) is 10.6. The summed E-state index contributed by atoms with van der Waals surface area (Å²) in [6.07, 6.45) is 4.29. The summed E-state index contributed by atoms with van der Waals surface area (Å²) in [5.74, 6) is -0.516. The molecule has 224 valence electrons. The number of nitrogens with zero attached hydrogens (tertiary/aromatic N) is 2. The molecular weight excluding hydrogens is 574 g/mol. The lowest BCUT2D eigenvalue weighted by Crippen LogP contribution is -2.53. The number of sulfonamides is 1. The average molecular weight is 612 g/mol. The highest BCUT2D eigenvalue weighted by atomic mass is 35.5. The molecule has 1 N–H and O–H groups in total. The zero-order valence-electron chi connectivity index (χ0n) is 24.3. The van der Waals surface area contributed by atoms with Gasteiger partial charge in [0.2, 0.25) is 11.8 Å². The van der Waals surface area contributed by atoms with Crippen LogP contribution in [-0.4, -0.2) is 50.9 Å². The molecule has 42 heavy (non-hydrogen) atoms. The van der Waals surface area contributed by atoms with E-state index in [-0.39, 0.29) is 39.8 Å². The third-order valence-electron chi connectivity index (χ3n) is 7.54. The Morgan fingerprint density at radius 2 is 1.74 bits per heavy atom. The topological polar surface area (TPSA) is 96.0 Å². The lowest BCUT2D eigenvalue weighted by molar-refractivity contribution is -0.140. The summed E-state index contributed by atoms with van der Waals surface area (Å²) >= 11 is 6.31. The molecule has 1 saturated carbocycles. The zero-order chi connectivity index (χ0) is 30.3. The van der Waals surface area contributed by atoms with Crippen LogP contribution in [0.1, 0.15) is 50.2 Å². The molecule has 4 rings (SSSR count). The largest absolute Gasteiger partial charge is 0.495 e. The molecule has 1 fully saturated rings. The molecule has 8 nitrogen and oxygen atoms in total. The van der Waals surface area contributed by atoms with E-state index in [2.05, 4.69) is 5.32 Å². The molecule has 0 aromatic heterocycles. The maximum Gasteiger partial charge on any atom is 0.264 e. The van der Waals surface area contributed by atoms with Crippen LogP contribution in [0.2, 0.25) is 5.02 Å². The Bertz CT molecular complexity index is 1490. The summed E-state index contributed by atoms with van der Waals surface area (Å²) in [5, 5.41) is 3.41. The number of rotatable bonds is 12. The fraction of sp³-hybridized carbons (Fsp3) is 0.375. The zero-order valence-corrected chi connectivity index (χ0v) is 25.8. The Labute approximate surface area is 253 Å². The van der Waals surface area contributed by atoms with Crippen LogP contribution in [0.4, 0.5) is 5.69 Å². The molecule has 0 heterocycles. The van der Waals surface area contributed by atoms with Gasteiger partial charge in [0.1, 0.15) is 18.3 Å². The van der Waals surface area contributed by atoms with Crippen LogP contribution in [0.3, 0.4) is 0 Å². The minimum atomic E-state index is -4.24. The number of methoxy groups -OCH3 is 1. The van der Waals surface area contributed by atoms with Crippen LogP contribution >= 0.6 is 11.6 Å². The first-order chi connectivity index (χ1) is 20.1. The number of hydrogen-bond donors (Lipinski definition) is 1. The lowest BCUT2D eigenvalue weighted by atomic mass is 10.1. The van der Waals surface area contributed by atoms with E-state index in [9.17, 15) is 18.0 Å². The van der Waals surface area contributed by atoms with Crippen molar-refractivity contribution in [3.05, 3.63) is 88.9 Å². The van der Waals surface area contributed by atoms with Crippen molar-refractivity contribution in [3.63, 3.8) is 0 Å². The molecule has 0 unspecified atom stereocenters. The second-order valence-corrected chi connectivity index (χ2v) is 12.9. The molecule has 1 aliphatic rings. The van der Waals surface area contributed by atoms with Crippen molar-refractivity contribution in [2.75, 3.05) is 18.0 Å². The molecule has 0 spiro atoms. The van der Waals surface area contributed by atoms with Crippen molar-refractivity contribution in [1.82, 2.24) is 10.2 Å². The van der Waals surface area contributed by atoms with Crippen molar-refractivity contribution in [1.29, 1.82) is 0 Å². The normalized spacial score (nSPS) is 14.3. The van der Waals surface area contributed by atoms with Gasteiger partial charge in [0.15, 0.2) is 0 Å². The fourth-order valence-corrected chi connectivity index (χ4v) is 6.99. The quantitative estimate of drug-likeness (QED) is 0.283. The van der Waals surface area contributed by atoms with Gasteiger partial charge in [0.05, 0.1) is 17.7 Å². The van der Waals surface area contributed by atoms with Crippen molar-refractivity contribution in [2.24, 2.45) is 0 Å². The molecule has 1 aliphatic carbocycles. The van der Waals surface area contributed by atoms with Gasteiger partial charge in [-0.25, -0.2) is 8.42 Å². The molecule has 0 radical (unpaired) electrons. The van der Waals surface area contributed by atoms with Gasteiger partial charge in [0.25, 0.3) is 10.0 Å². The number of aryl methyl sites for hydroxylation is 1. The van der Waals surface area contributed by atoms with Crippen molar-refractivity contribution < 1.29 is 22.7 Å². The highest BCUT2D eigenvalue weighted by Gasteiger charge is 2.35. The van der Waals surface area contributed by atoms with Crippen LogP contribution in [0, 0.1) is 6.92 Å². The first-order valence-electron chi connectivity index (χ1n) is 14.2. The monoisotopic (exact) mass is 611 g/mol. The molecular formula is C32H38ClN3O5S. The third kappa shape index (κ3) is 7.44. The Hall–Kier alpha value is -3.56. The second kappa shape index (κ2) is 14.1. The predicted molar refractivity (Wildman–Crippen MR) is 165 cm³/mol. The van der Waals surface area contributed by atoms with Crippen LogP contribution < -0.4 is 14.4 Å². The molecule has 1 atom stereocenters. The summed E-state index contributed by atoms with van der Waals surface area (Å²) in [4.78, 5) is 29.4. The molecule has 3 aromatic rings. The van der Waals surface area contributed by atoms with Gasteiger partial charge in [-0.15, -0.1) is 0 Å². The minimum absolute atomic E-state index is 0.0103. The first kappa shape index (κ1) is 31.4. The minimum Gasteiger partial charge on any atom is -0.495 e. The lowest BCUT2D eigenvalue weighted by Gasteiger charge is -2.34. The van der Waals surface area contributed by atoms with E-state index in [4.69, 9.17) is 16.3 Å². The van der Waals surface area contributed by atoms with E-state index in [0.29, 0.717) is 6.42 Å². The van der Waals surface area contributed by atoms with Crippen LogP contribution in [0.15, 0.2) is 77.7 Å². The average Bonchev–Trinajstić information content (AvgIpc) is 3.49. The van der Waals surface area contributed by atoms with Gasteiger partial charge >= 0.3 is 0 Å². The number of ether oxygens (including phenoxy) is 1. The molecule has 3 aromatic carbocycles. The summed E-state index contributed by atoms with van der Waals surface area (Å²) in [7, 11) is -2.81. The maximum absolute atomic E-state index is 14.3. The van der Waals surface area contributed by atoms with Crippen LogP contribution in [0.25, 0.3) is 0 Å². The van der Waals surface area contributed by atoms with E-state index >= 15 is 0 Å². The SMILES string of the molecule is CC[C@@H](C(=O)NC1CCCC1)N(Cc1cccc(C)c1)C(=O)CN(c1cc(Cl)ccc1OC)S(=O)(=O)c1ccccc1. The van der Waals surface area contributed by atoms with E-state index in [0.717, 1.165) is 41.1 Å². The Morgan fingerprint density at radius 1 is 1.02 bits per heavy atom. The number of anilines is 1. The smallest absolute Gasteiger partial charge is 0.264 e. The molecule has 2 amide bonds. The molecule has 0 bridgehead atoms. The van der Waals surface area contributed by atoms with Gasteiger partial charge in [-0.05, 0) is 62.1 Å². The summed E-state index contributed by atoms with van der Waals surface area (Å²) in [6.45, 7) is 3.39. The van der Waals surface area contributed by atoms with Crippen LogP contribution in [0.5, 0.6) is 5.75 Å². The summed E-state index contributed by atoms with van der Waals surface area (Å²) in [6, 6.07) is 19.5. The fourth-order valence-electron chi connectivity index (χ4n) is 5.39. The number of carbonyl (C=O) groups excluding carboxylic acids is 2. The van der Waals surface area contributed by atoms with Crippen molar-refractivity contribution in [3.8, 4) is 5.75 Å². The Morgan fingerprint density at radius 3 is 2.38 bits per heavy atom. The molecule has 10 heteroatoms. The number of amides is 2.